The minimum atomic E-state index is -0.937. The van der Waals surface area contributed by atoms with Crippen LogP contribution in [0.5, 0.6) is 5.75 Å². The SMILES string of the molecule is O=[N+]([O-])/C(Cl)=C/C(=C1\Nc2ccccc2O1)[N+](=O)[O-]. The summed E-state index contributed by atoms with van der Waals surface area (Å²) >= 11 is 5.28. The van der Waals surface area contributed by atoms with Crippen molar-refractivity contribution in [1.82, 2.24) is 0 Å². The van der Waals surface area contributed by atoms with Crippen molar-refractivity contribution in [2.45, 2.75) is 0 Å². The number of nitrogens with zero attached hydrogens (tertiary/aromatic N) is 2. The van der Waals surface area contributed by atoms with Gasteiger partial charge in [-0.25, -0.2) is 0 Å². The van der Waals surface area contributed by atoms with Crippen LogP contribution < -0.4 is 10.1 Å². The highest BCUT2D eigenvalue weighted by atomic mass is 35.5. The standard InChI is InChI=1S/C10H6ClN3O5/c11-9(14(17)18)5-7(13(15)16)10-12-6-3-1-2-4-8(6)19-10/h1-5,12H/b9-5+,10-7-. The van der Waals surface area contributed by atoms with E-state index < -0.39 is 20.7 Å². The predicted molar refractivity (Wildman–Crippen MR) is 65.6 cm³/mol. The van der Waals surface area contributed by atoms with Crippen LogP contribution >= 0.6 is 11.6 Å². The van der Waals surface area contributed by atoms with Crippen LogP contribution in [0.25, 0.3) is 0 Å². The highest BCUT2D eigenvalue weighted by Gasteiger charge is 2.28. The fourth-order valence-electron chi connectivity index (χ4n) is 1.40. The molecule has 0 spiro atoms. The van der Waals surface area contributed by atoms with Crippen molar-refractivity contribution in [2.75, 3.05) is 5.32 Å². The van der Waals surface area contributed by atoms with Gasteiger partial charge >= 0.3 is 10.9 Å². The highest BCUT2D eigenvalue weighted by molar-refractivity contribution is 6.28. The van der Waals surface area contributed by atoms with Crippen molar-refractivity contribution in [1.29, 1.82) is 0 Å². The zero-order valence-corrected chi connectivity index (χ0v) is 9.96. The number of benzene rings is 1. The molecule has 19 heavy (non-hydrogen) atoms. The Kier molecular flexibility index (Phi) is 3.34. The van der Waals surface area contributed by atoms with Crippen molar-refractivity contribution >= 4 is 17.3 Å². The van der Waals surface area contributed by atoms with Gasteiger partial charge in [-0.1, -0.05) is 12.1 Å². The lowest BCUT2D eigenvalue weighted by molar-refractivity contribution is -0.429. The Bertz CT molecular complexity index is 598. The molecule has 0 aliphatic carbocycles. The first kappa shape index (κ1) is 12.8. The molecule has 0 atom stereocenters. The van der Waals surface area contributed by atoms with Crippen molar-refractivity contribution in [3.63, 3.8) is 0 Å². The number of rotatable bonds is 3. The van der Waals surface area contributed by atoms with Crippen LogP contribution in [0.3, 0.4) is 0 Å². The monoisotopic (exact) mass is 283 g/mol. The summed E-state index contributed by atoms with van der Waals surface area (Å²) in [6.45, 7) is 0. The Labute approximate surface area is 111 Å². The van der Waals surface area contributed by atoms with Gasteiger partial charge in [0.05, 0.1) is 15.5 Å². The molecule has 1 aromatic rings. The van der Waals surface area contributed by atoms with Crippen LogP contribution in [0, 0.1) is 20.2 Å². The number of para-hydroxylation sites is 2. The fourth-order valence-corrected chi connectivity index (χ4v) is 1.50. The Morgan fingerprint density at radius 3 is 2.53 bits per heavy atom. The Morgan fingerprint density at radius 1 is 1.26 bits per heavy atom. The van der Waals surface area contributed by atoms with Crippen LogP contribution in [0.4, 0.5) is 5.69 Å². The van der Waals surface area contributed by atoms with Gasteiger partial charge < -0.3 is 10.1 Å². The average molecular weight is 284 g/mol. The van der Waals surface area contributed by atoms with Crippen molar-refractivity contribution < 1.29 is 14.6 Å². The first-order chi connectivity index (χ1) is 8.99. The van der Waals surface area contributed by atoms with E-state index in [4.69, 9.17) is 16.3 Å². The smallest absolute Gasteiger partial charge is 0.344 e. The lowest BCUT2D eigenvalue weighted by atomic mass is 10.3. The number of nitro groups is 2. The second-order valence-corrected chi connectivity index (χ2v) is 3.81. The van der Waals surface area contributed by atoms with E-state index >= 15 is 0 Å². The van der Waals surface area contributed by atoms with E-state index in [2.05, 4.69) is 5.32 Å². The number of nitrogens with one attached hydrogen (secondary N) is 1. The molecule has 9 heteroatoms. The highest BCUT2D eigenvalue weighted by Crippen LogP contribution is 2.34. The molecule has 0 saturated heterocycles. The largest absolute Gasteiger partial charge is 0.433 e. The molecule has 0 unspecified atom stereocenters. The molecule has 0 radical (unpaired) electrons. The van der Waals surface area contributed by atoms with E-state index in [0.29, 0.717) is 17.5 Å². The van der Waals surface area contributed by atoms with Crippen molar-refractivity contribution in [2.24, 2.45) is 0 Å². The van der Waals surface area contributed by atoms with Gasteiger partial charge in [-0.05, 0) is 23.7 Å². The summed E-state index contributed by atoms with van der Waals surface area (Å²) in [7, 11) is 0. The van der Waals surface area contributed by atoms with Gasteiger partial charge in [0, 0.05) is 0 Å². The van der Waals surface area contributed by atoms with E-state index in [9.17, 15) is 20.2 Å². The number of hydrogen-bond donors (Lipinski definition) is 1. The number of anilines is 1. The molecular formula is C10H6ClN3O5. The van der Waals surface area contributed by atoms with E-state index in [0.717, 1.165) is 0 Å². The molecule has 0 saturated carbocycles. The van der Waals surface area contributed by atoms with E-state index in [-0.39, 0.29) is 5.88 Å². The zero-order chi connectivity index (χ0) is 14.0. The summed E-state index contributed by atoms with van der Waals surface area (Å²) in [6, 6.07) is 6.66. The van der Waals surface area contributed by atoms with Gasteiger partial charge in [0.15, 0.2) is 5.75 Å². The van der Waals surface area contributed by atoms with Crippen LogP contribution in [0.1, 0.15) is 0 Å². The maximum absolute atomic E-state index is 10.9. The molecular weight excluding hydrogens is 278 g/mol. The lowest BCUT2D eigenvalue weighted by Crippen LogP contribution is -2.09. The second-order valence-electron chi connectivity index (χ2n) is 3.42. The molecule has 1 aliphatic rings. The van der Waals surface area contributed by atoms with Gasteiger partial charge in [0.2, 0.25) is 0 Å². The third-order valence-electron chi connectivity index (χ3n) is 2.21. The third kappa shape index (κ3) is 2.63. The maximum atomic E-state index is 10.9. The van der Waals surface area contributed by atoms with Crippen LogP contribution in [-0.2, 0) is 0 Å². The molecule has 8 nitrogen and oxygen atoms in total. The number of hydrogen-bond acceptors (Lipinski definition) is 6. The molecule has 1 heterocycles. The summed E-state index contributed by atoms with van der Waals surface area (Å²) in [6.07, 6.45) is 0.621. The van der Waals surface area contributed by atoms with Crippen LogP contribution in [0.15, 0.2) is 47.1 Å². The average Bonchev–Trinajstić information content (AvgIpc) is 2.78. The fraction of sp³-hybridized carbons (Fsp3) is 0. The van der Waals surface area contributed by atoms with Gasteiger partial charge in [0.25, 0.3) is 5.88 Å². The molecule has 0 amide bonds. The minimum Gasteiger partial charge on any atom is -0.433 e. The summed E-state index contributed by atoms with van der Waals surface area (Å²) < 4.78 is 5.21. The van der Waals surface area contributed by atoms with Crippen molar-refractivity contribution in [3.05, 3.63) is 67.3 Å². The first-order valence-corrected chi connectivity index (χ1v) is 5.31. The van der Waals surface area contributed by atoms with Crippen LogP contribution in [-0.4, -0.2) is 9.85 Å². The van der Waals surface area contributed by atoms with Gasteiger partial charge in [0.1, 0.15) is 6.08 Å². The van der Waals surface area contributed by atoms with E-state index in [1.165, 1.54) is 0 Å². The molecule has 2 rings (SSSR count). The molecule has 0 fully saturated rings. The van der Waals surface area contributed by atoms with E-state index in [1.54, 1.807) is 24.3 Å². The molecule has 0 bridgehead atoms. The number of ether oxygens (including phenoxy) is 1. The summed E-state index contributed by atoms with van der Waals surface area (Å²) in [5.41, 5.74) is -0.0969. The second kappa shape index (κ2) is 4.94. The first-order valence-electron chi connectivity index (χ1n) is 4.93. The third-order valence-corrected chi connectivity index (χ3v) is 2.45. The lowest BCUT2D eigenvalue weighted by Gasteiger charge is -1.98. The number of fused-ring (bicyclic) bond motifs is 1. The number of allylic oxidation sites excluding steroid dienone is 1. The zero-order valence-electron chi connectivity index (χ0n) is 9.20. The quantitative estimate of drug-likeness (QED) is 0.518. The topological polar surface area (TPSA) is 108 Å². The van der Waals surface area contributed by atoms with Gasteiger partial charge in [-0.2, -0.15) is 0 Å². The van der Waals surface area contributed by atoms with Crippen molar-refractivity contribution in [3.8, 4) is 5.75 Å². The minimum absolute atomic E-state index is 0.216. The maximum Gasteiger partial charge on any atom is 0.344 e. The molecule has 98 valence electrons. The van der Waals surface area contributed by atoms with E-state index in [1.807, 2.05) is 0 Å². The summed E-state index contributed by atoms with van der Waals surface area (Å²) in [4.78, 5) is 19.5. The van der Waals surface area contributed by atoms with Gasteiger partial charge in [-0.15, -0.1) is 0 Å². The number of halogens is 1. The van der Waals surface area contributed by atoms with Gasteiger partial charge in [-0.3, -0.25) is 20.2 Å². The Hall–Kier alpha value is -2.61. The molecule has 0 aromatic heterocycles. The Morgan fingerprint density at radius 2 is 1.95 bits per heavy atom. The predicted octanol–water partition coefficient (Wildman–Crippen LogP) is 2.29. The molecule has 1 aromatic carbocycles. The Balaban J connectivity index is 2.42. The molecule has 1 N–H and O–H groups in total. The summed E-state index contributed by atoms with van der Waals surface area (Å²) in [5, 5.41) is 23.1. The molecule has 1 aliphatic heterocycles. The summed E-state index contributed by atoms with van der Waals surface area (Å²) in [5.74, 6) is 0.175. The normalized spacial score (nSPS) is 16.2. The van der Waals surface area contributed by atoms with Crippen LogP contribution in [0.2, 0.25) is 0 Å².